The molecule has 0 fully saturated rings. The van der Waals surface area contributed by atoms with Gasteiger partial charge in [0.15, 0.2) is 0 Å². The molecule has 28 heavy (non-hydrogen) atoms. The number of aromatic nitrogens is 2. The number of aliphatic hydroxyl groups excluding tert-OH is 2. The van der Waals surface area contributed by atoms with Crippen molar-refractivity contribution >= 4 is 0 Å². The van der Waals surface area contributed by atoms with Gasteiger partial charge in [0.25, 0.3) is 0 Å². The smallest absolute Gasteiger partial charge is 0.106 e. The molecule has 0 amide bonds. The molecule has 0 spiro atoms. The second-order valence-electron chi connectivity index (χ2n) is 6.48. The summed E-state index contributed by atoms with van der Waals surface area (Å²) in [6.45, 7) is 5.38. The normalized spacial score (nSPS) is 13.3. The average Bonchev–Trinajstić information content (AvgIpc) is 2.70. The van der Waals surface area contributed by atoms with Crippen LogP contribution in [0.5, 0.6) is 0 Å². The van der Waals surface area contributed by atoms with E-state index >= 15 is 0 Å². The van der Waals surface area contributed by atoms with Crippen molar-refractivity contribution in [2.24, 2.45) is 5.92 Å². The molecule has 1 aromatic heterocycles. The Morgan fingerprint density at radius 1 is 0.893 bits per heavy atom. The van der Waals surface area contributed by atoms with Gasteiger partial charge < -0.3 is 10.2 Å². The van der Waals surface area contributed by atoms with Crippen LogP contribution in [-0.4, -0.2) is 32.4 Å². The molecule has 0 saturated carbocycles. The molecule has 1 heterocycles. The molecule has 2 unspecified atom stereocenters. The van der Waals surface area contributed by atoms with Crippen LogP contribution >= 0.6 is 0 Å². The van der Waals surface area contributed by atoms with E-state index in [-0.39, 0.29) is 26.0 Å². The Morgan fingerprint density at radius 2 is 1.50 bits per heavy atom. The molecule has 0 aliphatic rings. The standard InChI is InChI=1S/C16H11N2.C7H16O2.Ir/c1-3-7-13(8-4-1)15-11-16(18-12-17-15)14-9-5-2-6-10-14;1-4-7(5(2)8)6(3)9;/h1-9,11-12H;5-9H,4H2,1-3H3;/q-1;;. The first-order chi connectivity index (χ1) is 13.0. The van der Waals surface area contributed by atoms with Crippen molar-refractivity contribution in [3.8, 4) is 22.5 Å². The molecule has 3 rings (SSSR count). The SMILES string of the molecule is CCC(C(C)O)C(C)O.[Ir].[c-]1ccccc1-c1cc(-c2ccccc2)ncn1. The van der Waals surface area contributed by atoms with E-state index in [1.54, 1.807) is 20.2 Å². The average molecular weight is 556 g/mol. The Balaban J connectivity index is 0.000000339. The minimum absolute atomic E-state index is 0. The fourth-order valence-electron chi connectivity index (χ4n) is 2.91. The fraction of sp³-hybridized carbons (Fsp3) is 0.304. The van der Waals surface area contributed by atoms with Gasteiger partial charge in [0.2, 0.25) is 0 Å². The maximum absolute atomic E-state index is 9.02. The molecule has 0 aliphatic carbocycles. The molecule has 0 saturated heterocycles. The zero-order valence-corrected chi connectivity index (χ0v) is 18.8. The summed E-state index contributed by atoms with van der Waals surface area (Å²) in [5.41, 5.74) is 3.90. The van der Waals surface area contributed by atoms with E-state index in [2.05, 4.69) is 16.0 Å². The largest absolute Gasteiger partial charge is 0.393 e. The molecular formula is C23H27IrN2O2-. The van der Waals surface area contributed by atoms with E-state index < -0.39 is 12.2 Å². The maximum Gasteiger partial charge on any atom is 0.106 e. The molecular weight excluding hydrogens is 528 g/mol. The van der Waals surface area contributed by atoms with Gasteiger partial charge in [-0.1, -0.05) is 43.3 Å². The second-order valence-corrected chi connectivity index (χ2v) is 6.48. The van der Waals surface area contributed by atoms with Crippen LogP contribution in [0, 0.1) is 12.0 Å². The van der Waals surface area contributed by atoms with Crippen LogP contribution in [0.4, 0.5) is 0 Å². The first-order valence-electron chi connectivity index (χ1n) is 9.23. The Labute approximate surface area is 181 Å². The van der Waals surface area contributed by atoms with Gasteiger partial charge in [0, 0.05) is 26.0 Å². The van der Waals surface area contributed by atoms with Crippen LogP contribution in [0.1, 0.15) is 27.2 Å². The van der Waals surface area contributed by atoms with Gasteiger partial charge in [-0.25, -0.2) is 4.98 Å². The number of hydrogen-bond acceptors (Lipinski definition) is 4. The van der Waals surface area contributed by atoms with Gasteiger partial charge in [0.05, 0.1) is 17.9 Å². The number of nitrogens with zero attached hydrogens (tertiary/aromatic N) is 2. The van der Waals surface area contributed by atoms with Crippen molar-refractivity contribution in [2.45, 2.75) is 39.4 Å². The number of rotatable bonds is 5. The van der Waals surface area contributed by atoms with E-state index in [1.807, 2.05) is 67.6 Å². The van der Waals surface area contributed by atoms with Crippen molar-refractivity contribution in [2.75, 3.05) is 0 Å². The minimum atomic E-state index is -0.394. The van der Waals surface area contributed by atoms with E-state index in [0.29, 0.717) is 0 Å². The van der Waals surface area contributed by atoms with Crippen molar-refractivity contribution < 1.29 is 30.3 Å². The van der Waals surface area contributed by atoms with E-state index in [9.17, 15) is 0 Å². The molecule has 151 valence electrons. The third-order valence-corrected chi connectivity index (χ3v) is 4.43. The van der Waals surface area contributed by atoms with Crippen LogP contribution in [0.25, 0.3) is 22.5 Å². The Kier molecular flexibility index (Phi) is 10.8. The summed E-state index contributed by atoms with van der Waals surface area (Å²) in [5.74, 6) is 0.0324. The zero-order valence-electron chi connectivity index (χ0n) is 16.4. The van der Waals surface area contributed by atoms with E-state index in [4.69, 9.17) is 10.2 Å². The maximum atomic E-state index is 9.02. The quantitative estimate of drug-likeness (QED) is 0.459. The Morgan fingerprint density at radius 3 is 2.00 bits per heavy atom. The van der Waals surface area contributed by atoms with Gasteiger partial charge in [-0.2, -0.15) is 0 Å². The van der Waals surface area contributed by atoms with Crippen molar-refractivity contribution in [1.82, 2.24) is 9.97 Å². The Hall–Kier alpha value is -1.91. The predicted molar refractivity (Wildman–Crippen MR) is 109 cm³/mol. The van der Waals surface area contributed by atoms with Crippen molar-refractivity contribution in [1.29, 1.82) is 0 Å². The number of benzene rings is 2. The fourth-order valence-corrected chi connectivity index (χ4v) is 2.91. The summed E-state index contributed by atoms with van der Waals surface area (Å²) in [7, 11) is 0. The topological polar surface area (TPSA) is 66.2 Å². The minimum Gasteiger partial charge on any atom is -0.393 e. The predicted octanol–water partition coefficient (Wildman–Crippen LogP) is 4.38. The summed E-state index contributed by atoms with van der Waals surface area (Å²) >= 11 is 0. The molecule has 2 aromatic carbocycles. The van der Waals surface area contributed by atoms with Gasteiger partial charge in [-0.15, -0.1) is 35.9 Å². The van der Waals surface area contributed by atoms with Gasteiger partial charge in [0.1, 0.15) is 6.33 Å². The summed E-state index contributed by atoms with van der Waals surface area (Å²) in [6, 6.07) is 23.1. The third-order valence-electron chi connectivity index (χ3n) is 4.43. The van der Waals surface area contributed by atoms with Crippen LogP contribution in [0.15, 0.2) is 67.0 Å². The van der Waals surface area contributed by atoms with Crippen molar-refractivity contribution in [3.05, 3.63) is 73.1 Å². The molecule has 4 nitrogen and oxygen atoms in total. The van der Waals surface area contributed by atoms with Gasteiger partial charge in [-0.3, -0.25) is 4.98 Å². The van der Waals surface area contributed by atoms with Gasteiger partial charge in [-0.05, 0) is 31.5 Å². The van der Waals surface area contributed by atoms with Gasteiger partial charge >= 0.3 is 0 Å². The van der Waals surface area contributed by atoms with Crippen LogP contribution in [0.3, 0.4) is 0 Å². The van der Waals surface area contributed by atoms with Crippen LogP contribution < -0.4 is 0 Å². The van der Waals surface area contributed by atoms with Crippen LogP contribution in [-0.2, 0) is 20.1 Å². The monoisotopic (exact) mass is 556 g/mol. The summed E-state index contributed by atoms with van der Waals surface area (Å²) in [6.07, 6.45) is 1.64. The molecule has 0 aliphatic heterocycles. The first kappa shape index (κ1) is 24.1. The second kappa shape index (κ2) is 12.5. The molecule has 2 N–H and O–H groups in total. The number of aliphatic hydroxyl groups is 2. The zero-order chi connectivity index (χ0) is 19.6. The van der Waals surface area contributed by atoms with Crippen LogP contribution in [0.2, 0.25) is 0 Å². The summed E-state index contributed by atoms with van der Waals surface area (Å²) in [4.78, 5) is 8.60. The van der Waals surface area contributed by atoms with E-state index in [1.165, 1.54) is 0 Å². The Bertz CT molecular complexity index is 733. The molecule has 0 bridgehead atoms. The third kappa shape index (κ3) is 7.25. The summed E-state index contributed by atoms with van der Waals surface area (Å²) < 4.78 is 0. The summed E-state index contributed by atoms with van der Waals surface area (Å²) in [5, 5.41) is 18.0. The molecule has 2 atom stereocenters. The first-order valence-corrected chi connectivity index (χ1v) is 9.23. The van der Waals surface area contributed by atoms with E-state index in [0.717, 1.165) is 28.9 Å². The van der Waals surface area contributed by atoms with Crippen molar-refractivity contribution in [3.63, 3.8) is 0 Å². The molecule has 5 heteroatoms. The molecule has 3 aromatic rings. The number of hydrogen-bond donors (Lipinski definition) is 2. The molecule has 1 radical (unpaired) electrons.